The van der Waals surface area contributed by atoms with Crippen molar-refractivity contribution in [3.05, 3.63) is 0 Å². The lowest BCUT2D eigenvalue weighted by Gasteiger charge is -2.31. The predicted octanol–water partition coefficient (Wildman–Crippen LogP) is 0.781. The highest BCUT2D eigenvalue weighted by Gasteiger charge is 2.47. The number of esters is 1. The second-order valence-electron chi connectivity index (χ2n) is 5.63. The van der Waals surface area contributed by atoms with E-state index in [-0.39, 0.29) is 5.97 Å². The molecular formula is C14H26N2O3. The fourth-order valence-electron chi connectivity index (χ4n) is 3.29. The Hall–Kier alpha value is -0.650. The van der Waals surface area contributed by atoms with Gasteiger partial charge in [-0.15, -0.1) is 0 Å². The maximum atomic E-state index is 12.2. The summed E-state index contributed by atoms with van der Waals surface area (Å²) in [4.78, 5) is 14.6. The SMILES string of the molecule is CCOC(=O)C1(NC)CCC(N(C)C2CCOC2)C1. The van der Waals surface area contributed by atoms with Crippen LogP contribution in [0.1, 0.15) is 32.6 Å². The van der Waals surface area contributed by atoms with E-state index < -0.39 is 5.54 Å². The molecule has 0 amide bonds. The van der Waals surface area contributed by atoms with Crippen LogP contribution < -0.4 is 5.32 Å². The first-order valence-corrected chi connectivity index (χ1v) is 7.29. The molecule has 0 bridgehead atoms. The molecule has 1 aliphatic carbocycles. The number of nitrogens with one attached hydrogen (secondary N) is 1. The molecule has 2 rings (SSSR count). The summed E-state index contributed by atoms with van der Waals surface area (Å²) in [7, 11) is 4.01. The molecule has 0 spiro atoms. The van der Waals surface area contributed by atoms with E-state index in [4.69, 9.17) is 9.47 Å². The van der Waals surface area contributed by atoms with Crippen LogP contribution in [0.5, 0.6) is 0 Å². The molecule has 0 aromatic heterocycles. The molecule has 1 aliphatic heterocycles. The summed E-state index contributed by atoms with van der Waals surface area (Å²) in [5.74, 6) is -0.101. The van der Waals surface area contributed by atoms with Gasteiger partial charge in [0.05, 0.1) is 13.2 Å². The number of likely N-dealkylation sites (N-methyl/N-ethyl adjacent to an activating group) is 2. The number of carbonyl (C=O) groups is 1. The summed E-state index contributed by atoms with van der Waals surface area (Å²) in [5, 5.41) is 3.20. The van der Waals surface area contributed by atoms with Crippen molar-refractivity contribution in [3.63, 3.8) is 0 Å². The van der Waals surface area contributed by atoms with Gasteiger partial charge in [0, 0.05) is 18.7 Å². The minimum atomic E-state index is -0.492. The number of hydrogen-bond acceptors (Lipinski definition) is 5. The van der Waals surface area contributed by atoms with E-state index in [2.05, 4.69) is 17.3 Å². The zero-order valence-electron chi connectivity index (χ0n) is 12.3. The summed E-state index contributed by atoms with van der Waals surface area (Å²) in [6.45, 7) is 3.98. The van der Waals surface area contributed by atoms with Gasteiger partial charge < -0.3 is 14.8 Å². The summed E-state index contributed by atoms with van der Waals surface area (Å²) in [6, 6.07) is 0.934. The van der Waals surface area contributed by atoms with Crippen molar-refractivity contribution in [2.45, 2.75) is 50.2 Å². The molecule has 2 fully saturated rings. The first-order valence-electron chi connectivity index (χ1n) is 7.29. The third kappa shape index (κ3) is 2.93. The van der Waals surface area contributed by atoms with Crippen LogP contribution in [-0.4, -0.2) is 62.4 Å². The molecule has 19 heavy (non-hydrogen) atoms. The Morgan fingerprint density at radius 3 is 2.84 bits per heavy atom. The van der Waals surface area contributed by atoms with Crippen molar-refractivity contribution < 1.29 is 14.3 Å². The lowest BCUT2D eigenvalue weighted by molar-refractivity contribution is -0.151. The molecule has 1 heterocycles. The topological polar surface area (TPSA) is 50.8 Å². The third-order valence-electron chi connectivity index (χ3n) is 4.69. The lowest BCUT2D eigenvalue weighted by atomic mass is 9.97. The minimum absolute atomic E-state index is 0.101. The second kappa shape index (κ2) is 6.20. The summed E-state index contributed by atoms with van der Waals surface area (Å²) in [5.41, 5.74) is -0.492. The van der Waals surface area contributed by atoms with Gasteiger partial charge in [-0.3, -0.25) is 9.69 Å². The van der Waals surface area contributed by atoms with Gasteiger partial charge in [-0.25, -0.2) is 0 Å². The second-order valence-corrected chi connectivity index (χ2v) is 5.63. The van der Waals surface area contributed by atoms with Crippen LogP contribution in [0.4, 0.5) is 0 Å². The molecule has 0 aromatic rings. The first kappa shape index (κ1) is 14.8. The van der Waals surface area contributed by atoms with Crippen LogP contribution in [0.25, 0.3) is 0 Å². The molecule has 1 N–H and O–H groups in total. The van der Waals surface area contributed by atoms with Gasteiger partial charge in [0.2, 0.25) is 0 Å². The Kier molecular flexibility index (Phi) is 4.81. The van der Waals surface area contributed by atoms with E-state index in [9.17, 15) is 4.79 Å². The fraction of sp³-hybridized carbons (Fsp3) is 0.929. The molecule has 1 saturated heterocycles. The Bertz CT molecular complexity index is 318. The Balaban J connectivity index is 1.98. The fourth-order valence-corrected chi connectivity index (χ4v) is 3.29. The maximum Gasteiger partial charge on any atom is 0.326 e. The van der Waals surface area contributed by atoms with Crippen molar-refractivity contribution in [2.75, 3.05) is 33.9 Å². The predicted molar refractivity (Wildman–Crippen MR) is 73.0 cm³/mol. The van der Waals surface area contributed by atoms with Gasteiger partial charge in [-0.1, -0.05) is 0 Å². The van der Waals surface area contributed by atoms with Gasteiger partial charge >= 0.3 is 5.97 Å². The average molecular weight is 270 g/mol. The van der Waals surface area contributed by atoms with Gasteiger partial charge in [0.1, 0.15) is 5.54 Å². The van der Waals surface area contributed by atoms with Crippen LogP contribution in [0.2, 0.25) is 0 Å². The lowest BCUT2D eigenvalue weighted by Crippen LogP contribution is -2.51. The molecule has 2 aliphatic rings. The monoisotopic (exact) mass is 270 g/mol. The first-order chi connectivity index (χ1) is 9.13. The Morgan fingerprint density at radius 2 is 2.26 bits per heavy atom. The van der Waals surface area contributed by atoms with E-state index in [1.165, 1.54) is 0 Å². The number of carbonyl (C=O) groups excluding carboxylic acids is 1. The van der Waals surface area contributed by atoms with E-state index >= 15 is 0 Å². The third-order valence-corrected chi connectivity index (χ3v) is 4.69. The normalized spacial score (nSPS) is 34.9. The minimum Gasteiger partial charge on any atom is -0.465 e. The Morgan fingerprint density at radius 1 is 1.47 bits per heavy atom. The van der Waals surface area contributed by atoms with Crippen LogP contribution in [-0.2, 0) is 14.3 Å². The van der Waals surface area contributed by atoms with Gasteiger partial charge in [-0.05, 0) is 46.7 Å². The largest absolute Gasteiger partial charge is 0.465 e. The smallest absolute Gasteiger partial charge is 0.326 e. The molecule has 3 unspecified atom stereocenters. The number of hydrogen-bond donors (Lipinski definition) is 1. The van der Waals surface area contributed by atoms with E-state index in [0.717, 1.165) is 38.9 Å². The van der Waals surface area contributed by atoms with Crippen LogP contribution >= 0.6 is 0 Å². The van der Waals surface area contributed by atoms with Crippen molar-refractivity contribution in [1.82, 2.24) is 10.2 Å². The molecular weight excluding hydrogens is 244 g/mol. The van der Waals surface area contributed by atoms with E-state index in [0.29, 0.717) is 18.7 Å². The molecule has 3 atom stereocenters. The molecule has 0 radical (unpaired) electrons. The van der Waals surface area contributed by atoms with E-state index in [1.807, 2.05) is 14.0 Å². The average Bonchev–Trinajstić information content (AvgIpc) is 3.08. The number of ether oxygens (including phenoxy) is 2. The van der Waals surface area contributed by atoms with E-state index in [1.54, 1.807) is 0 Å². The highest BCUT2D eigenvalue weighted by atomic mass is 16.5. The van der Waals surface area contributed by atoms with Crippen molar-refractivity contribution in [3.8, 4) is 0 Å². The van der Waals surface area contributed by atoms with Gasteiger partial charge in [0.15, 0.2) is 0 Å². The number of nitrogens with zero attached hydrogens (tertiary/aromatic N) is 1. The van der Waals surface area contributed by atoms with Crippen LogP contribution in [0, 0.1) is 0 Å². The highest BCUT2D eigenvalue weighted by Crippen LogP contribution is 2.35. The van der Waals surface area contributed by atoms with Crippen molar-refractivity contribution in [2.24, 2.45) is 0 Å². The molecule has 5 heteroatoms. The summed E-state index contributed by atoms with van der Waals surface area (Å²) >= 11 is 0. The summed E-state index contributed by atoms with van der Waals surface area (Å²) in [6.07, 6.45) is 3.81. The van der Waals surface area contributed by atoms with Gasteiger partial charge in [-0.2, -0.15) is 0 Å². The van der Waals surface area contributed by atoms with Crippen LogP contribution in [0.3, 0.4) is 0 Å². The highest BCUT2D eigenvalue weighted by molar-refractivity contribution is 5.81. The number of rotatable bonds is 5. The Labute approximate surface area is 115 Å². The van der Waals surface area contributed by atoms with Crippen molar-refractivity contribution >= 4 is 5.97 Å². The van der Waals surface area contributed by atoms with Crippen LogP contribution in [0.15, 0.2) is 0 Å². The molecule has 110 valence electrons. The standard InChI is InChI=1S/C14H26N2O3/c1-4-19-13(17)14(15-2)7-5-11(9-14)16(3)12-6-8-18-10-12/h11-12,15H,4-10H2,1-3H3. The van der Waals surface area contributed by atoms with Gasteiger partial charge in [0.25, 0.3) is 0 Å². The zero-order chi connectivity index (χ0) is 13.9. The summed E-state index contributed by atoms with van der Waals surface area (Å²) < 4.78 is 10.7. The quantitative estimate of drug-likeness (QED) is 0.748. The molecule has 1 saturated carbocycles. The molecule has 5 nitrogen and oxygen atoms in total. The molecule has 0 aromatic carbocycles. The zero-order valence-corrected chi connectivity index (χ0v) is 12.3. The maximum absolute atomic E-state index is 12.2. The van der Waals surface area contributed by atoms with Crippen molar-refractivity contribution in [1.29, 1.82) is 0 Å².